The van der Waals surface area contributed by atoms with E-state index < -0.39 is 5.92 Å². The number of nitriles is 1. The van der Waals surface area contributed by atoms with Crippen LogP contribution < -0.4 is 0 Å². The number of thiophene rings is 1. The van der Waals surface area contributed by atoms with Crippen LogP contribution in [-0.2, 0) is 0 Å². The lowest BCUT2D eigenvalue weighted by Gasteiger charge is -2.09. The van der Waals surface area contributed by atoms with E-state index in [1.165, 1.54) is 11.3 Å². The fourth-order valence-corrected chi connectivity index (χ4v) is 2.37. The van der Waals surface area contributed by atoms with Gasteiger partial charge >= 0.3 is 0 Å². The number of carbonyl (C=O) groups is 1. The topological polar surface area (TPSA) is 40.9 Å². The molecule has 0 N–H and O–H groups in total. The lowest BCUT2D eigenvalue weighted by molar-refractivity contribution is 0.0928. The Bertz CT molecular complexity index is 392. The summed E-state index contributed by atoms with van der Waals surface area (Å²) >= 11 is 1.48. The van der Waals surface area contributed by atoms with Crippen LogP contribution in [0.4, 0.5) is 0 Å². The molecular weight excluding hydrogens is 206 g/mol. The van der Waals surface area contributed by atoms with Crippen LogP contribution in [0.25, 0.3) is 0 Å². The predicted octanol–water partition coefficient (Wildman–Crippen LogP) is 3.34. The molecule has 0 aromatic carbocycles. The summed E-state index contributed by atoms with van der Waals surface area (Å²) in [6, 6.07) is 3.97. The van der Waals surface area contributed by atoms with Gasteiger partial charge in [0.05, 0.1) is 10.9 Å². The van der Waals surface area contributed by atoms with Crippen molar-refractivity contribution in [2.45, 2.75) is 27.7 Å². The van der Waals surface area contributed by atoms with Crippen molar-refractivity contribution in [3.05, 3.63) is 21.4 Å². The number of rotatable bonds is 3. The van der Waals surface area contributed by atoms with E-state index in [-0.39, 0.29) is 11.7 Å². The maximum Gasteiger partial charge on any atom is 0.190 e. The molecule has 0 bridgehead atoms. The number of ketones is 1. The Balaban J connectivity index is 2.99. The molecule has 1 aromatic heterocycles. The van der Waals surface area contributed by atoms with Gasteiger partial charge in [-0.05, 0) is 31.4 Å². The second-order valence-electron chi connectivity index (χ2n) is 4.06. The Morgan fingerprint density at radius 2 is 2.07 bits per heavy atom. The second-order valence-corrected chi connectivity index (χ2v) is 5.32. The van der Waals surface area contributed by atoms with Crippen molar-refractivity contribution in [3.8, 4) is 6.07 Å². The molecule has 15 heavy (non-hydrogen) atoms. The van der Waals surface area contributed by atoms with Gasteiger partial charge in [0.2, 0.25) is 0 Å². The minimum absolute atomic E-state index is 0.0336. The van der Waals surface area contributed by atoms with E-state index in [0.29, 0.717) is 4.88 Å². The van der Waals surface area contributed by atoms with Crippen molar-refractivity contribution in [1.29, 1.82) is 5.26 Å². The number of Topliss-reactive ketones (excluding diaryl/α,β-unsaturated/α-hetero) is 1. The summed E-state index contributed by atoms with van der Waals surface area (Å²) in [4.78, 5) is 13.8. The van der Waals surface area contributed by atoms with E-state index in [4.69, 9.17) is 5.26 Å². The first kappa shape index (κ1) is 11.9. The molecule has 1 heterocycles. The van der Waals surface area contributed by atoms with Gasteiger partial charge in [-0.15, -0.1) is 11.3 Å². The standard InChI is InChI=1S/C12H15NOS/c1-7(2)10(6-13)12(14)11-5-8(3)9(4)15-11/h5,7,10H,1-4H3. The van der Waals surface area contributed by atoms with Crippen molar-refractivity contribution >= 4 is 17.1 Å². The Kier molecular flexibility index (Phi) is 3.65. The summed E-state index contributed by atoms with van der Waals surface area (Å²) in [7, 11) is 0. The molecule has 1 atom stereocenters. The highest BCUT2D eigenvalue weighted by Gasteiger charge is 2.24. The van der Waals surface area contributed by atoms with Crippen LogP contribution in [0.3, 0.4) is 0 Å². The first-order valence-electron chi connectivity index (χ1n) is 4.98. The van der Waals surface area contributed by atoms with Crippen LogP contribution in [0.15, 0.2) is 6.07 Å². The number of hydrogen-bond acceptors (Lipinski definition) is 3. The summed E-state index contributed by atoms with van der Waals surface area (Å²) in [6.45, 7) is 7.78. The normalized spacial score (nSPS) is 12.5. The van der Waals surface area contributed by atoms with Crippen molar-refractivity contribution in [1.82, 2.24) is 0 Å². The fraction of sp³-hybridized carbons (Fsp3) is 0.500. The molecule has 0 spiro atoms. The van der Waals surface area contributed by atoms with Crippen LogP contribution in [0.1, 0.15) is 34.0 Å². The molecule has 0 radical (unpaired) electrons. The average Bonchev–Trinajstić information content (AvgIpc) is 2.47. The third kappa shape index (κ3) is 2.45. The Morgan fingerprint density at radius 3 is 2.40 bits per heavy atom. The van der Waals surface area contributed by atoms with E-state index in [1.807, 2.05) is 33.8 Å². The monoisotopic (exact) mass is 221 g/mol. The zero-order valence-electron chi connectivity index (χ0n) is 9.50. The zero-order valence-corrected chi connectivity index (χ0v) is 10.3. The van der Waals surface area contributed by atoms with Crippen molar-refractivity contribution in [2.24, 2.45) is 11.8 Å². The van der Waals surface area contributed by atoms with Gasteiger partial charge in [-0.1, -0.05) is 13.8 Å². The van der Waals surface area contributed by atoms with E-state index in [0.717, 1.165) is 10.4 Å². The molecule has 0 saturated carbocycles. The molecule has 0 amide bonds. The summed E-state index contributed by atoms with van der Waals surface area (Å²) < 4.78 is 0. The molecule has 80 valence electrons. The van der Waals surface area contributed by atoms with Gasteiger partial charge in [-0.25, -0.2) is 0 Å². The van der Waals surface area contributed by atoms with Gasteiger partial charge in [0.25, 0.3) is 0 Å². The molecule has 0 aliphatic carbocycles. The third-order valence-corrected chi connectivity index (χ3v) is 3.66. The molecular formula is C12H15NOS. The van der Waals surface area contributed by atoms with Gasteiger partial charge in [-0.3, -0.25) is 4.79 Å². The van der Waals surface area contributed by atoms with Crippen molar-refractivity contribution < 1.29 is 4.79 Å². The summed E-state index contributed by atoms with van der Waals surface area (Å²) in [5, 5.41) is 8.94. The van der Waals surface area contributed by atoms with E-state index >= 15 is 0 Å². The maximum atomic E-state index is 12.0. The lowest BCUT2D eigenvalue weighted by atomic mass is 9.92. The summed E-state index contributed by atoms with van der Waals surface area (Å²) in [5.41, 5.74) is 1.13. The smallest absolute Gasteiger partial charge is 0.190 e. The molecule has 1 unspecified atom stereocenters. The SMILES string of the molecule is Cc1cc(C(=O)C(C#N)C(C)C)sc1C. The van der Waals surface area contributed by atoms with E-state index in [1.54, 1.807) is 0 Å². The van der Waals surface area contributed by atoms with Gasteiger partial charge in [-0.2, -0.15) is 5.26 Å². The average molecular weight is 221 g/mol. The van der Waals surface area contributed by atoms with Gasteiger partial charge in [0.15, 0.2) is 5.78 Å². The Labute approximate surface area is 94.5 Å². The van der Waals surface area contributed by atoms with Gasteiger partial charge in [0.1, 0.15) is 5.92 Å². The van der Waals surface area contributed by atoms with Crippen LogP contribution in [0.2, 0.25) is 0 Å². The van der Waals surface area contributed by atoms with Crippen molar-refractivity contribution in [3.63, 3.8) is 0 Å². The minimum Gasteiger partial charge on any atom is -0.292 e. The summed E-state index contributed by atoms with van der Waals surface area (Å²) in [6.07, 6.45) is 0. The second kappa shape index (κ2) is 4.59. The highest BCUT2D eigenvalue weighted by atomic mass is 32.1. The predicted molar refractivity (Wildman–Crippen MR) is 62.1 cm³/mol. The number of carbonyl (C=O) groups excluding carboxylic acids is 1. The zero-order chi connectivity index (χ0) is 11.6. The molecule has 1 aromatic rings. The van der Waals surface area contributed by atoms with Crippen LogP contribution in [0.5, 0.6) is 0 Å². The molecule has 3 heteroatoms. The van der Waals surface area contributed by atoms with Crippen LogP contribution >= 0.6 is 11.3 Å². The molecule has 0 saturated heterocycles. The van der Waals surface area contributed by atoms with E-state index in [9.17, 15) is 4.79 Å². The molecule has 0 aliphatic rings. The quantitative estimate of drug-likeness (QED) is 0.734. The van der Waals surface area contributed by atoms with E-state index in [2.05, 4.69) is 6.07 Å². The van der Waals surface area contributed by atoms with Crippen LogP contribution in [-0.4, -0.2) is 5.78 Å². The highest BCUT2D eigenvalue weighted by Crippen LogP contribution is 2.25. The first-order chi connectivity index (χ1) is 6.97. The maximum absolute atomic E-state index is 12.0. The minimum atomic E-state index is -0.512. The van der Waals surface area contributed by atoms with Crippen LogP contribution in [0, 0.1) is 37.0 Å². The molecule has 0 aliphatic heterocycles. The van der Waals surface area contributed by atoms with Crippen molar-refractivity contribution in [2.75, 3.05) is 0 Å². The number of nitrogens with zero attached hydrogens (tertiary/aromatic N) is 1. The Hall–Kier alpha value is -1.14. The molecule has 0 fully saturated rings. The van der Waals surface area contributed by atoms with Gasteiger partial charge < -0.3 is 0 Å². The first-order valence-corrected chi connectivity index (χ1v) is 5.80. The molecule has 2 nitrogen and oxygen atoms in total. The number of hydrogen-bond donors (Lipinski definition) is 0. The third-order valence-electron chi connectivity index (χ3n) is 2.50. The fourth-order valence-electron chi connectivity index (χ4n) is 1.36. The molecule has 1 rings (SSSR count). The summed E-state index contributed by atoms with van der Waals surface area (Å²) in [5.74, 6) is -0.471. The highest BCUT2D eigenvalue weighted by molar-refractivity contribution is 7.14. The van der Waals surface area contributed by atoms with Gasteiger partial charge in [0, 0.05) is 4.88 Å². The lowest BCUT2D eigenvalue weighted by Crippen LogP contribution is -2.17. The Morgan fingerprint density at radius 1 is 1.47 bits per heavy atom. The largest absolute Gasteiger partial charge is 0.292 e. The number of aryl methyl sites for hydroxylation is 2.